The molecule has 0 saturated carbocycles. The second kappa shape index (κ2) is 6.62. The summed E-state index contributed by atoms with van der Waals surface area (Å²) < 4.78 is 14.5. The van der Waals surface area contributed by atoms with E-state index in [2.05, 4.69) is 19.9 Å². The molecule has 134 valence electrons. The molecule has 5 heterocycles. The second-order valence-corrected chi connectivity index (χ2v) is 6.15. The Bertz CT molecular complexity index is 1270. The molecule has 0 radical (unpaired) electrons. The number of hydrogen-bond donors (Lipinski definition) is 1. The number of aromatic nitrogens is 6. The van der Waals surface area contributed by atoms with E-state index in [0.717, 1.165) is 17.0 Å². The van der Waals surface area contributed by atoms with Gasteiger partial charge in [0.05, 0.1) is 17.6 Å². The van der Waals surface area contributed by atoms with E-state index in [1.807, 2.05) is 36.4 Å². The van der Waals surface area contributed by atoms with E-state index in [-0.39, 0.29) is 0 Å². The van der Waals surface area contributed by atoms with Crippen molar-refractivity contribution < 1.29 is 4.39 Å². The van der Waals surface area contributed by atoms with Crippen LogP contribution >= 0.6 is 0 Å². The van der Waals surface area contributed by atoms with Crippen LogP contribution < -0.4 is 0 Å². The first kappa shape index (κ1) is 16.2. The third-order valence-electron chi connectivity index (χ3n) is 4.36. The van der Waals surface area contributed by atoms with Crippen molar-refractivity contribution in [1.29, 1.82) is 0 Å². The monoisotopic (exact) mass is 368 g/mol. The van der Waals surface area contributed by atoms with Crippen molar-refractivity contribution in [2.24, 2.45) is 0 Å². The van der Waals surface area contributed by atoms with E-state index in [0.29, 0.717) is 28.1 Å². The van der Waals surface area contributed by atoms with Crippen molar-refractivity contribution >= 4 is 11.2 Å². The predicted octanol–water partition coefficient (Wildman–Crippen LogP) is 4.28. The molecule has 0 fully saturated rings. The Morgan fingerprint density at radius 1 is 0.821 bits per heavy atom. The molecule has 0 aliphatic carbocycles. The summed E-state index contributed by atoms with van der Waals surface area (Å²) in [5, 5.41) is 0. The molecule has 0 unspecified atom stereocenters. The van der Waals surface area contributed by atoms with E-state index in [1.165, 1.54) is 12.4 Å². The molecule has 5 aromatic heterocycles. The van der Waals surface area contributed by atoms with Crippen LogP contribution in [0, 0.1) is 5.82 Å². The first-order valence-electron chi connectivity index (χ1n) is 8.62. The Morgan fingerprint density at radius 2 is 1.75 bits per heavy atom. The first-order chi connectivity index (χ1) is 13.8. The summed E-state index contributed by atoms with van der Waals surface area (Å²) in [6.45, 7) is 0. The van der Waals surface area contributed by atoms with Crippen LogP contribution in [0.2, 0.25) is 0 Å². The van der Waals surface area contributed by atoms with Crippen molar-refractivity contribution in [3.63, 3.8) is 0 Å². The Kier molecular flexibility index (Phi) is 3.83. The number of halogens is 1. The maximum absolute atomic E-state index is 14.5. The summed E-state index contributed by atoms with van der Waals surface area (Å²) in [4.78, 5) is 25.0. The Hall–Kier alpha value is -4.00. The van der Waals surface area contributed by atoms with E-state index < -0.39 is 5.82 Å². The van der Waals surface area contributed by atoms with Crippen molar-refractivity contribution in [3.05, 3.63) is 79.3 Å². The van der Waals surface area contributed by atoms with Crippen molar-refractivity contribution in [2.45, 2.75) is 0 Å². The number of rotatable bonds is 3. The maximum atomic E-state index is 14.5. The van der Waals surface area contributed by atoms with E-state index in [1.54, 1.807) is 24.7 Å². The summed E-state index contributed by atoms with van der Waals surface area (Å²) in [5.41, 5.74) is 4.85. The first-order valence-corrected chi connectivity index (χ1v) is 8.62. The van der Waals surface area contributed by atoms with Gasteiger partial charge in [0, 0.05) is 35.9 Å². The van der Waals surface area contributed by atoms with Crippen LogP contribution in [0.25, 0.3) is 45.1 Å². The van der Waals surface area contributed by atoms with Crippen LogP contribution in [0.5, 0.6) is 0 Å². The molecule has 0 aliphatic heterocycles. The van der Waals surface area contributed by atoms with Gasteiger partial charge in [-0.15, -0.1) is 0 Å². The number of nitrogens with zero attached hydrogens (tertiary/aromatic N) is 5. The normalized spacial score (nSPS) is 11.0. The molecule has 0 saturated heterocycles. The molecule has 6 nitrogen and oxygen atoms in total. The summed E-state index contributed by atoms with van der Waals surface area (Å²) in [5.74, 6) is -0.457. The molecular formula is C21H13FN6. The highest BCUT2D eigenvalue weighted by Gasteiger charge is 2.18. The molecule has 0 aromatic carbocycles. The van der Waals surface area contributed by atoms with Crippen molar-refractivity contribution in [1.82, 2.24) is 29.9 Å². The summed E-state index contributed by atoms with van der Waals surface area (Å²) in [6.07, 6.45) is 7.79. The van der Waals surface area contributed by atoms with Gasteiger partial charge >= 0.3 is 0 Å². The highest BCUT2D eigenvalue weighted by Crippen LogP contribution is 2.32. The zero-order valence-electron chi connectivity index (χ0n) is 14.5. The third-order valence-corrected chi connectivity index (χ3v) is 4.36. The predicted molar refractivity (Wildman–Crippen MR) is 104 cm³/mol. The highest BCUT2D eigenvalue weighted by molar-refractivity contribution is 5.87. The van der Waals surface area contributed by atoms with E-state index in [4.69, 9.17) is 9.97 Å². The molecule has 5 rings (SSSR count). The smallest absolute Gasteiger partial charge is 0.157 e. The lowest BCUT2D eigenvalue weighted by atomic mass is 10.1. The van der Waals surface area contributed by atoms with Crippen molar-refractivity contribution in [3.8, 4) is 33.9 Å². The van der Waals surface area contributed by atoms with Gasteiger partial charge in [-0.2, -0.15) is 0 Å². The summed E-state index contributed by atoms with van der Waals surface area (Å²) >= 11 is 0. The zero-order valence-corrected chi connectivity index (χ0v) is 14.5. The topological polar surface area (TPSA) is 80.2 Å². The number of fused-ring (bicyclic) bond motifs is 1. The average molecular weight is 368 g/mol. The minimum Gasteiger partial charge on any atom is -0.337 e. The fourth-order valence-electron chi connectivity index (χ4n) is 3.06. The third kappa shape index (κ3) is 2.79. The molecule has 28 heavy (non-hydrogen) atoms. The van der Waals surface area contributed by atoms with Gasteiger partial charge in [0.1, 0.15) is 16.9 Å². The quantitative estimate of drug-likeness (QED) is 0.514. The van der Waals surface area contributed by atoms with Gasteiger partial charge in [0.25, 0.3) is 0 Å². The Morgan fingerprint density at radius 3 is 2.54 bits per heavy atom. The van der Waals surface area contributed by atoms with Gasteiger partial charge in [0.15, 0.2) is 11.5 Å². The van der Waals surface area contributed by atoms with E-state index >= 15 is 0 Å². The molecule has 0 aliphatic rings. The molecular weight excluding hydrogens is 355 g/mol. The van der Waals surface area contributed by atoms with Gasteiger partial charge in [0.2, 0.25) is 0 Å². The van der Waals surface area contributed by atoms with Gasteiger partial charge < -0.3 is 4.98 Å². The largest absolute Gasteiger partial charge is 0.337 e. The lowest BCUT2D eigenvalue weighted by Crippen LogP contribution is -1.97. The summed E-state index contributed by atoms with van der Waals surface area (Å²) in [6, 6.07) is 12.8. The molecule has 0 atom stereocenters. The van der Waals surface area contributed by atoms with Crippen LogP contribution in [0.1, 0.15) is 0 Å². The lowest BCUT2D eigenvalue weighted by molar-refractivity contribution is 0.624. The Labute approximate surface area is 159 Å². The van der Waals surface area contributed by atoms with Crippen LogP contribution in [0.15, 0.2) is 73.4 Å². The van der Waals surface area contributed by atoms with Crippen molar-refractivity contribution in [2.75, 3.05) is 0 Å². The van der Waals surface area contributed by atoms with Gasteiger partial charge in [-0.1, -0.05) is 6.07 Å². The fraction of sp³-hybridized carbons (Fsp3) is 0. The average Bonchev–Trinajstić information content (AvgIpc) is 3.18. The number of nitrogens with one attached hydrogen (secondary N) is 1. The SMILES string of the molecule is Fc1cnccc1-c1nc2cc(-c3ccccn3)[nH]c2nc1-c1cccnc1. The number of hydrogen-bond acceptors (Lipinski definition) is 5. The molecule has 1 N–H and O–H groups in total. The minimum absolute atomic E-state index is 0.337. The van der Waals surface area contributed by atoms with Crippen LogP contribution in [-0.4, -0.2) is 29.9 Å². The Balaban J connectivity index is 1.78. The minimum atomic E-state index is -0.457. The van der Waals surface area contributed by atoms with Crippen LogP contribution in [-0.2, 0) is 0 Å². The standard InChI is InChI=1S/C21H13FN6/c22-15-12-24-9-6-14(15)20-19(13-4-3-7-23-11-13)28-21-18(26-20)10-17(27-21)16-5-1-2-8-25-16/h1-12H,(H,27,28). The molecule has 7 heteroatoms. The second-order valence-electron chi connectivity index (χ2n) is 6.15. The van der Waals surface area contributed by atoms with Crippen LogP contribution in [0.4, 0.5) is 4.39 Å². The highest BCUT2D eigenvalue weighted by atomic mass is 19.1. The van der Waals surface area contributed by atoms with Gasteiger partial charge in [-0.3, -0.25) is 15.0 Å². The molecule has 0 spiro atoms. The molecule has 5 aromatic rings. The fourth-order valence-corrected chi connectivity index (χ4v) is 3.06. The molecule has 0 bridgehead atoms. The zero-order chi connectivity index (χ0) is 18.9. The number of H-pyrrole nitrogens is 1. The number of pyridine rings is 3. The van der Waals surface area contributed by atoms with Gasteiger partial charge in [-0.05, 0) is 36.4 Å². The maximum Gasteiger partial charge on any atom is 0.157 e. The van der Waals surface area contributed by atoms with E-state index in [9.17, 15) is 4.39 Å². The number of aromatic amines is 1. The van der Waals surface area contributed by atoms with Gasteiger partial charge in [-0.25, -0.2) is 14.4 Å². The lowest BCUT2D eigenvalue weighted by Gasteiger charge is -2.09. The molecule has 0 amide bonds. The van der Waals surface area contributed by atoms with Crippen LogP contribution in [0.3, 0.4) is 0 Å². The summed E-state index contributed by atoms with van der Waals surface area (Å²) in [7, 11) is 0.